The van der Waals surface area contributed by atoms with E-state index in [-0.39, 0.29) is 0 Å². The zero-order chi connectivity index (χ0) is 14.5. The van der Waals surface area contributed by atoms with E-state index >= 15 is 0 Å². The molecule has 3 atom stereocenters. The van der Waals surface area contributed by atoms with Gasteiger partial charge in [-0.3, -0.25) is 0 Å². The van der Waals surface area contributed by atoms with Gasteiger partial charge in [0.15, 0.2) is 0 Å². The Labute approximate surface area is 132 Å². The molecule has 122 valence electrons. The first-order chi connectivity index (χ1) is 10.3. The highest BCUT2D eigenvalue weighted by Gasteiger charge is 2.28. The summed E-state index contributed by atoms with van der Waals surface area (Å²) >= 11 is 0. The van der Waals surface area contributed by atoms with Gasteiger partial charge >= 0.3 is 0 Å². The molecule has 0 radical (unpaired) electrons. The van der Waals surface area contributed by atoms with Crippen molar-refractivity contribution in [1.82, 2.24) is 10.2 Å². The number of nitrogens with zero attached hydrogens (tertiary/aromatic N) is 1. The van der Waals surface area contributed by atoms with E-state index in [9.17, 15) is 0 Å². The average Bonchev–Trinajstić information content (AvgIpc) is 2.74. The van der Waals surface area contributed by atoms with Crippen LogP contribution in [0.5, 0.6) is 0 Å². The molecule has 0 aromatic rings. The van der Waals surface area contributed by atoms with Gasteiger partial charge in [0.25, 0.3) is 0 Å². The van der Waals surface area contributed by atoms with Gasteiger partial charge in [-0.25, -0.2) is 0 Å². The minimum Gasteiger partial charge on any atom is -0.312 e. The molecular formula is C19H36N2. The Kier molecular flexibility index (Phi) is 5.99. The van der Waals surface area contributed by atoms with Crippen molar-refractivity contribution in [3.63, 3.8) is 0 Å². The maximum Gasteiger partial charge on any atom is 0.0223 e. The zero-order valence-electron chi connectivity index (χ0n) is 14.2. The van der Waals surface area contributed by atoms with Crippen LogP contribution in [0.1, 0.15) is 71.1 Å². The van der Waals surface area contributed by atoms with E-state index in [0.29, 0.717) is 0 Å². The molecule has 2 nitrogen and oxygen atoms in total. The minimum atomic E-state index is 0.786. The summed E-state index contributed by atoms with van der Waals surface area (Å²) in [6.45, 7) is 7.76. The molecule has 0 aromatic carbocycles. The first-order valence-corrected chi connectivity index (χ1v) is 9.77. The van der Waals surface area contributed by atoms with Crippen LogP contribution in [0, 0.1) is 17.8 Å². The molecule has 3 rings (SSSR count). The molecule has 3 aliphatic rings. The third-order valence-electron chi connectivity index (χ3n) is 6.29. The number of rotatable bonds is 3. The quantitative estimate of drug-likeness (QED) is 0.844. The van der Waals surface area contributed by atoms with Crippen molar-refractivity contribution in [3.8, 4) is 0 Å². The lowest BCUT2D eigenvalue weighted by molar-refractivity contribution is 0.158. The van der Waals surface area contributed by atoms with E-state index < -0.39 is 0 Å². The summed E-state index contributed by atoms with van der Waals surface area (Å²) in [6, 6.07) is 0.786. The van der Waals surface area contributed by atoms with E-state index in [2.05, 4.69) is 17.1 Å². The summed E-state index contributed by atoms with van der Waals surface area (Å²) in [5.41, 5.74) is 0. The molecule has 1 aliphatic heterocycles. The second kappa shape index (κ2) is 7.97. The predicted molar refractivity (Wildman–Crippen MR) is 90.5 cm³/mol. The molecule has 0 bridgehead atoms. The van der Waals surface area contributed by atoms with Crippen molar-refractivity contribution in [2.45, 2.75) is 77.2 Å². The van der Waals surface area contributed by atoms with Crippen molar-refractivity contribution in [3.05, 3.63) is 0 Å². The molecule has 0 spiro atoms. The molecule has 2 heteroatoms. The molecule has 21 heavy (non-hydrogen) atoms. The minimum absolute atomic E-state index is 0.786. The molecular weight excluding hydrogens is 256 g/mol. The lowest BCUT2D eigenvalue weighted by Gasteiger charge is -2.35. The van der Waals surface area contributed by atoms with Crippen LogP contribution in [0.3, 0.4) is 0 Å². The fourth-order valence-electron chi connectivity index (χ4n) is 5.13. The van der Waals surface area contributed by atoms with E-state index in [1.165, 1.54) is 90.4 Å². The fraction of sp³-hybridized carbons (Fsp3) is 1.00. The highest BCUT2D eigenvalue weighted by atomic mass is 15.2. The van der Waals surface area contributed by atoms with Crippen LogP contribution in [0.25, 0.3) is 0 Å². The average molecular weight is 293 g/mol. The fourth-order valence-corrected chi connectivity index (χ4v) is 5.13. The Morgan fingerprint density at radius 1 is 0.952 bits per heavy atom. The van der Waals surface area contributed by atoms with Crippen LogP contribution < -0.4 is 5.32 Å². The van der Waals surface area contributed by atoms with Crippen molar-refractivity contribution in [2.75, 3.05) is 26.2 Å². The van der Waals surface area contributed by atoms with Crippen molar-refractivity contribution >= 4 is 0 Å². The predicted octanol–water partition coefficient (Wildman–Crippen LogP) is 4.06. The zero-order valence-corrected chi connectivity index (χ0v) is 14.2. The van der Waals surface area contributed by atoms with Crippen LogP contribution in [0.15, 0.2) is 0 Å². The molecule has 0 amide bonds. The van der Waals surface area contributed by atoms with Gasteiger partial charge in [0.05, 0.1) is 0 Å². The van der Waals surface area contributed by atoms with E-state index in [1.807, 2.05) is 0 Å². The second-order valence-corrected chi connectivity index (χ2v) is 8.21. The molecule has 2 saturated carbocycles. The summed E-state index contributed by atoms with van der Waals surface area (Å²) in [5, 5.41) is 3.89. The molecule has 1 N–H and O–H groups in total. The van der Waals surface area contributed by atoms with Crippen LogP contribution in [-0.4, -0.2) is 37.1 Å². The largest absolute Gasteiger partial charge is 0.312 e. The SMILES string of the molecule is CC1CCCC(CN2CCCNC(C3CCCCC3)C2)C1. The van der Waals surface area contributed by atoms with E-state index in [4.69, 9.17) is 0 Å². The van der Waals surface area contributed by atoms with Gasteiger partial charge < -0.3 is 10.2 Å². The molecule has 3 fully saturated rings. The van der Waals surface area contributed by atoms with Crippen LogP contribution in [0.2, 0.25) is 0 Å². The van der Waals surface area contributed by atoms with Gasteiger partial charge in [0.2, 0.25) is 0 Å². The highest BCUT2D eigenvalue weighted by Crippen LogP contribution is 2.31. The van der Waals surface area contributed by atoms with Crippen LogP contribution in [-0.2, 0) is 0 Å². The molecule has 3 unspecified atom stereocenters. The Balaban J connectivity index is 1.51. The molecule has 1 heterocycles. The lowest BCUT2D eigenvalue weighted by Crippen LogP contribution is -2.45. The smallest absolute Gasteiger partial charge is 0.0223 e. The lowest BCUT2D eigenvalue weighted by atomic mass is 9.81. The van der Waals surface area contributed by atoms with Crippen LogP contribution >= 0.6 is 0 Å². The van der Waals surface area contributed by atoms with Crippen molar-refractivity contribution in [1.29, 1.82) is 0 Å². The number of hydrogen-bond acceptors (Lipinski definition) is 2. The van der Waals surface area contributed by atoms with E-state index in [1.54, 1.807) is 0 Å². The third-order valence-corrected chi connectivity index (χ3v) is 6.29. The Bertz CT molecular complexity index is 298. The molecule has 0 aromatic heterocycles. The monoisotopic (exact) mass is 292 g/mol. The Morgan fingerprint density at radius 3 is 2.62 bits per heavy atom. The van der Waals surface area contributed by atoms with Gasteiger partial charge in [-0.2, -0.15) is 0 Å². The summed E-state index contributed by atoms with van der Waals surface area (Å²) in [7, 11) is 0. The molecule has 2 aliphatic carbocycles. The van der Waals surface area contributed by atoms with Crippen LogP contribution in [0.4, 0.5) is 0 Å². The Morgan fingerprint density at radius 2 is 1.81 bits per heavy atom. The van der Waals surface area contributed by atoms with Crippen molar-refractivity contribution in [2.24, 2.45) is 17.8 Å². The van der Waals surface area contributed by atoms with Gasteiger partial charge in [-0.1, -0.05) is 39.0 Å². The number of hydrogen-bond donors (Lipinski definition) is 1. The number of nitrogens with one attached hydrogen (secondary N) is 1. The summed E-state index contributed by atoms with van der Waals surface area (Å²) in [5.74, 6) is 2.92. The van der Waals surface area contributed by atoms with Gasteiger partial charge in [0.1, 0.15) is 0 Å². The normalized spacial score (nSPS) is 37.3. The standard InChI is InChI=1S/C19H36N2/c1-16-7-5-8-17(13-16)14-21-12-6-11-20-19(15-21)18-9-3-2-4-10-18/h16-20H,2-15H2,1H3. The first-order valence-electron chi connectivity index (χ1n) is 9.77. The molecule has 1 saturated heterocycles. The van der Waals surface area contributed by atoms with Gasteiger partial charge in [-0.15, -0.1) is 0 Å². The Hall–Kier alpha value is -0.0800. The third kappa shape index (κ3) is 4.69. The van der Waals surface area contributed by atoms with Gasteiger partial charge in [0, 0.05) is 19.1 Å². The maximum absolute atomic E-state index is 3.89. The first kappa shape index (κ1) is 15.8. The highest BCUT2D eigenvalue weighted by molar-refractivity contribution is 4.85. The van der Waals surface area contributed by atoms with Gasteiger partial charge in [-0.05, 0) is 62.9 Å². The summed E-state index contributed by atoms with van der Waals surface area (Å²) in [6.07, 6.45) is 14.7. The maximum atomic E-state index is 3.89. The van der Waals surface area contributed by atoms with Crippen molar-refractivity contribution < 1.29 is 0 Å². The summed E-state index contributed by atoms with van der Waals surface area (Å²) < 4.78 is 0. The summed E-state index contributed by atoms with van der Waals surface area (Å²) in [4.78, 5) is 2.82. The topological polar surface area (TPSA) is 15.3 Å². The van der Waals surface area contributed by atoms with E-state index in [0.717, 1.165) is 23.8 Å². The second-order valence-electron chi connectivity index (χ2n) is 8.21.